The van der Waals surface area contributed by atoms with Gasteiger partial charge in [-0.2, -0.15) is 5.10 Å². The Morgan fingerprint density at radius 2 is 1.96 bits per heavy atom. The quantitative estimate of drug-likeness (QED) is 0.671. The van der Waals surface area contributed by atoms with Crippen molar-refractivity contribution in [3.8, 4) is 17.0 Å². The fourth-order valence-electron chi connectivity index (χ4n) is 2.18. The van der Waals surface area contributed by atoms with Gasteiger partial charge in [0.15, 0.2) is 5.82 Å². The van der Waals surface area contributed by atoms with Crippen LogP contribution in [0.25, 0.3) is 11.3 Å². The fourth-order valence-corrected chi connectivity index (χ4v) is 2.18. The van der Waals surface area contributed by atoms with Gasteiger partial charge in [-0.05, 0) is 48.0 Å². The second-order valence-corrected chi connectivity index (χ2v) is 4.91. The number of rotatable bonds is 5. The van der Waals surface area contributed by atoms with E-state index in [4.69, 9.17) is 9.84 Å². The number of anilines is 2. The highest BCUT2D eigenvalue weighted by molar-refractivity contribution is 5.89. The van der Waals surface area contributed by atoms with Crippen LogP contribution in [0, 0.1) is 0 Å². The average Bonchev–Trinajstić information content (AvgIpc) is 3.03. The maximum Gasteiger partial charge on any atom is 0.335 e. The van der Waals surface area contributed by atoms with Gasteiger partial charge in [0.1, 0.15) is 5.75 Å². The van der Waals surface area contributed by atoms with E-state index in [-0.39, 0.29) is 5.56 Å². The van der Waals surface area contributed by atoms with Gasteiger partial charge in [0.25, 0.3) is 0 Å². The summed E-state index contributed by atoms with van der Waals surface area (Å²) in [7, 11) is 1.62. The van der Waals surface area contributed by atoms with Crippen LogP contribution in [0.2, 0.25) is 0 Å². The van der Waals surface area contributed by atoms with Crippen molar-refractivity contribution in [3.05, 3.63) is 60.2 Å². The van der Waals surface area contributed by atoms with E-state index in [0.29, 0.717) is 11.5 Å². The fraction of sp³-hybridized carbons (Fsp3) is 0.0588. The van der Waals surface area contributed by atoms with Gasteiger partial charge in [-0.3, -0.25) is 5.10 Å². The molecule has 1 aromatic heterocycles. The Bertz CT molecular complexity index is 825. The molecular formula is C17H15N3O3. The molecule has 6 heteroatoms. The predicted molar refractivity (Wildman–Crippen MR) is 87.3 cm³/mol. The molecule has 0 amide bonds. The Morgan fingerprint density at radius 3 is 2.65 bits per heavy atom. The first-order valence-corrected chi connectivity index (χ1v) is 6.96. The first-order valence-electron chi connectivity index (χ1n) is 6.96. The van der Waals surface area contributed by atoms with Gasteiger partial charge in [0, 0.05) is 11.8 Å². The predicted octanol–water partition coefficient (Wildman–Crippen LogP) is 3.53. The van der Waals surface area contributed by atoms with E-state index in [0.717, 1.165) is 17.0 Å². The van der Waals surface area contributed by atoms with Crippen LogP contribution in [-0.4, -0.2) is 28.4 Å². The number of carboxylic acids is 1. The molecule has 0 bridgehead atoms. The van der Waals surface area contributed by atoms with Gasteiger partial charge < -0.3 is 15.2 Å². The van der Waals surface area contributed by atoms with E-state index >= 15 is 0 Å². The van der Waals surface area contributed by atoms with Crippen molar-refractivity contribution in [1.82, 2.24) is 10.2 Å². The zero-order valence-corrected chi connectivity index (χ0v) is 12.4. The first kappa shape index (κ1) is 14.6. The second kappa shape index (κ2) is 6.23. The summed E-state index contributed by atoms with van der Waals surface area (Å²) in [6, 6.07) is 16.0. The van der Waals surface area contributed by atoms with Crippen LogP contribution < -0.4 is 10.1 Å². The molecule has 116 valence electrons. The number of aromatic carboxylic acids is 1. The minimum absolute atomic E-state index is 0.223. The molecule has 0 radical (unpaired) electrons. The molecule has 0 saturated heterocycles. The zero-order valence-electron chi connectivity index (χ0n) is 12.4. The normalized spacial score (nSPS) is 10.3. The Balaban J connectivity index is 1.79. The number of aromatic amines is 1. The van der Waals surface area contributed by atoms with E-state index in [1.54, 1.807) is 31.4 Å². The van der Waals surface area contributed by atoms with Gasteiger partial charge in [0.05, 0.1) is 18.4 Å². The largest absolute Gasteiger partial charge is 0.497 e. The Kier molecular flexibility index (Phi) is 3.97. The Morgan fingerprint density at radius 1 is 1.17 bits per heavy atom. The van der Waals surface area contributed by atoms with Crippen LogP contribution in [0.15, 0.2) is 54.6 Å². The van der Waals surface area contributed by atoms with Crippen molar-refractivity contribution in [2.24, 2.45) is 0 Å². The van der Waals surface area contributed by atoms with E-state index < -0.39 is 5.97 Å². The van der Waals surface area contributed by atoms with Gasteiger partial charge in [-0.1, -0.05) is 6.07 Å². The number of carboxylic acid groups (broad SMARTS) is 1. The standard InChI is InChI=1S/C17H15N3O3/c1-23-14-7-5-11(6-8-14)15-10-16(20-19-15)18-13-4-2-3-12(9-13)17(21)22/h2-10H,1H3,(H,21,22)(H2,18,19,20). The average molecular weight is 309 g/mol. The number of aromatic nitrogens is 2. The summed E-state index contributed by atoms with van der Waals surface area (Å²) >= 11 is 0. The van der Waals surface area contributed by atoms with Crippen molar-refractivity contribution >= 4 is 17.5 Å². The third kappa shape index (κ3) is 3.32. The van der Waals surface area contributed by atoms with Crippen LogP contribution in [0.3, 0.4) is 0 Å². The lowest BCUT2D eigenvalue weighted by atomic mass is 10.1. The third-order valence-electron chi connectivity index (χ3n) is 3.36. The first-order chi connectivity index (χ1) is 11.2. The molecule has 0 aliphatic carbocycles. The number of nitrogens with zero attached hydrogens (tertiary/aromatic N) is 1. The maximum absolute atomic E-state index is 11.0. The van der Waals surface area contributed by atoms with E-state index in [1.807, 2.05) is 30.3 Å². The molecule has 2 aromatic carbocycles. The molecule has 0 aliphatic heterocycles. The summed E-state index contributed by atoms with van der Waals surface area (Å²) in [6.45, 7) is 0. The van der Waals surface area contributed by atoms with Gasteiger partial charge in [-0.15, -0.1) is 0 Å². The van der Waals surface area contributed by atoms with Gasteiger partial charge in [0.2, 0.25) is 0 Å². The highest BCUT2D eigenvalue weighted by atomic mass is 16.5. The minimum atomic E-state index is -0.963. The molecule has 3 N–H and O–H groups in total. The summed E-state index contributed by atoms with van der Waals surface area (Å²) < 4.78 is 5.13. The molecule has 0 saturated carbocycles. The summed E-state index contributed by atoms with van der Waals surface area (Å²) in [6.07, 6.45) is 0. The molecule has 0 unspecified atom stereocenters. The molecule has 0 atom stereocenters. The Labute approximate surface area is 132 Å². The molecule has 3 aromatic rings. The third-order valence-corrected chi connectivity index (χ3v) is 3.36. The zero-order chi connectivity index (χ0) is 16.2. The highest BCUT2D eigenvalue weighted by Gasteiger charge is 2.06. The van der Waals surface area contributed by atoms with Gasteiger partial charge >= 0.3 is 5.97 Å². The maximum atomic E-state index is 11.0. The molecule has 0 fully saturated rings. The van der Waals surface area contributed by atoms with Crippen molar-refractivity contribution in [1.29, 1.82) is 0 Å². The van der Waals surface area contributed by atoms with Gasteiger partial charge in [-0.25, -0.2) is 4.79 Å². The summed E-state index contributed by atoms with van der Waals surface area (Å²) in [5, 5.41) is 19.2. The van der Waals surface area contributed by atoms with Crippen molar-refractivity contribution < 1.29 is 14.6 Å². The molecule has 0 aliphatic rings. The van der Waals surface area contributed by atoms with E-state index in [1.165, 1.54) is 0 Å². The van der Waals surface area contributed by atoms with Crippen LogP contribution in [0.1, 0.15) is 10.4 Å². The highest BCUT2D eigenvalue weighted by Crippen LogP contribution is 2.24. The number of benzene rings is 2. The summed E-state index contributed by atoms with van der Waals surface area (Å²) in [4.78, 5) is 11.0. The number of methoxy groups -OCH3 is 1. The molecular weight excluding hydrogens is 294 g/mol. The lowest BCUT2D eigenvalue weighted by molar-refractivity contribution is 0.0697. The smallest absolute Gasteiger partial charge is 0.335 e. The lowest BCUT2D eigenvalue weighted by Crippen LogP contribution is -1.97. The topological polar surface area (TPSA) is 87.2 Å². The number of hydrogen-bond donors (Lipinski definition) is 3. The van der Waals surface area contributed by atoms with Crippen LogP contribution in [-0.2, 0) is 0 Å². The molecule has 1 heterocycles. The summed E-state index contributed by atoms with van der Waals surface area (Å²) in [5.41, 5.74) is 2.72. The van der Waals surface area contributed by atoms with Crippen molar-refractivity contribution in [2.45, 2.75) is 0 Å². The van der Waals surface area contributed by atoms with Crippen molar-refractivity contribution in [3.63, 3.8) is 0 Å². The Hall–Kier alpha value is -3.28. The lowest BCUT2D eigenvalue weighted by Gasteiger charge is -2.03. The molecule has 3 rings (SSSR count). The number of ether oxygens (including phenoxy) is 1. The second-order valence-electron chi connectivity index (χ2n) is 4.91. The number of carbonyl (C=O) groups is 1. The molecule has 0 spiro atoms. The summed E-state index contributed by atoms with van der Waals surface area (Å²) in [5.74, 6) is 0.435. The SMILES string of the molecule is COc1ccc(-c2cc(Nc3cccc(C(=O)O)c3)n[nH]2)cc1. The molecule has 23 heavy (non-hydrogen) atoms. The van der Waals surface area contributed by atoms with E-state index in [2.05, 4.69) is 15.5 Å². The molecule has 6 nitrogen and oxygen atoms in total. The number of nitrogens with one attached hydrogen (secondary N) is 2. The van der Waals surface area contributed by atoms with Crippen LogP contribution >= 0.6 is 0 Å². The number of hydrogen-bond acceptors (Lipinski definition) is 4. The van der Waals surface area contributed by atoms with Crippen LogP contribution in [0.5, 0.6) is 5.75 Å². The van der Waals surface area contributed by atoms with E-state index in [9.17, 15) is 4.79 Å². The van der Waals surface area contributed by atoms with Crippen LogP contribution in [0.4, 0.5) is 11.5 Å². The number of H-pyrrole nitrogens is 1. The minimum Gasteiger partial charge on any atom is -0.497 e. The van der Waals surface area contributed by atoms with Crippen molar-refractivity contribution in [2.75, 3.05) is 12.4 Å². The monoisotopic (exact) mass is 309 g/mol.